The summed E-state index contributed by atoms with van der Waals surface area (Å²) in [6.45, 7) is 24.8. The van der Waals surface area contributed by atoms with Gasteiger partial charge in [0.1, 0.15) is 0 Å². The summed E-state index contributed by atoms with van der Waals surface area (Å²) in [4.78, 5) is 45.0. The van der Waals surface area contributed by atoms with Crippen molar-refractivity contribution in [1.82, 2.24) is 9.13 Å². The molecular weight excluding hydrogens is 1810 g/mol. The van der Waals surface area contributed by atoms with Crippen molar-refractivity contribution in [3.8, 4) is 26.7 Å². The van der Waals surface area contributed by atoms with E-state index < -0.39 is 40.9 Å². The van der Waals surface area contributed by atoms with Gasteiger partial charge in [-0.1, -0.05) is 261 Å². The molecule has 4 atom stereocenters. The molecule has 4 unspecified atom stereocenters. The molecule has 0 bridgehead atoms. The molecule has 8 aromatic rings. The van der Waals surface area contributed by atoms with Crippen molar-refractivity contribution in [3.05, 3.63) is 141 Å². The molecule has 694 valence electrons. The van der Waals surface area contributed by atoms with Crippen LogP contribution in [-0.4, -0.2) is 50.0 Å². The zero-order chi connectivity index (χ0) is 87.6. The summed E-state index contributed by atoms with van der Waals surface area (Å²) in [5, 5.41) is 0. The first kappa shape index (κ1) is 105. The van der Waals surface area contributed by atoms with Gasteiger partial charge in [-0.2, -0.15) is 0 Å². The molecule has 9 rings (SSSR count). The normalized spacial score (nSPS) is 14.0. The Balaban J connectivity index is 1.11. The Labute approximate surface area is 796 Å². The molecule has 0 radical (unpaired) electrons. The van der Waals surface area contributed by atoms with Gasteiger partial charge in [-0.3, -0.25) is 0 Å². The average Bonchev–Trinajstić information content (AvgIpc) is 1.52. The Morgan fingerprint density at radius 2 is 0.597 bits per heavy atom. The third-order valence-electron chi connectivity index (χ3n) is 28.2. The van der Waals surface area contributed by atoms with Crippen molar-refractivity contribution in [1.29, 1.82) is 0 Å². The topological polar surface area (TPSA) is 44.0 Å². The monoisotopic (exact) mass is 2000 g/mol. The fourth-order valence-electron chi connectivity index (χ4n) is 20.6. The summed E-state index contributed by atoms with van der Waals surface area (Å²) in [5.74, 6) is 1.94. The molecule has 10 heteroatoms. The van der Waals surface area contributed by atoms with Crippen LogP contribution in [0.5, 0.6) is 0 Å². The standard InChI is InChI=1S/C114H180N2O2S4Te2/c1-11-19-27-35-39-43-45-49-53-57-69-91(67-55-51-47-41-37-29-21-13-3)71-63-65-81-115-100-87-96(114(118)116(99(100)86-95(113(115)117)106-78-77-90(10)123-106)82-66-64-72-92(68-56-52-48-42-38-30-22-14-4)70-58-54-50-46-44-40-36-28-20-12-2)107-79-80-108(124-107)103-88-98-110(105-85-94(74-60-32-24-16-6)102(121-105)76-62-34-26-18-8)111-97(83-89(9)119-111)109(112(98)122-103)104-84-93(73-59-31-23-15-5)101(120-104)75-61-33-25-17-7/h77-80,83-88,91-92,109-110H,11-76,81-82H2,1-10H3. The Bertz CT molecular complexity index is 4080. The number of aryl methyl sites for hydroxylation is 8. The van der Waals surface area contributed by atoms with E-state index in [-0.39, 0.29) is 23.0 Å². The van der Waals surface area contributed by atoms with Crippen molar-refractivity contribution in [3.63, 3.8) is 0 Å². The van der Waals surface area contributed by atoms with Crippen molar-refractivity contribution in [2.45, 2.75) is 518 Å². The van der Waals surface area contributed by atoms with Crippen LogP contribution in [0, 0.1) is 25.7 Å². The second kappa shape index (κ2) is 62.8. The van der Waals surface area contributed by atoms with Crippen molar-refractivity contribution in [2.24, 2.45) is 11.8 Å². The Morgan fingerprint density at radius 3 is 0.952 bits per heavy atom. The number of pyridine rings is 2. The number of unbranched alkanes of at least 4 members (excludes halogenated alkanes) is 46. The van der Waals surface area contributed by atoms with E-state index in [2.05, 4.69) is 184 Å². The van der Waals surface area contributed by atoms with Crippen LogP contribution in [0.15, 0.2) is 70.3 Å². The van der Waals surface area contributed by atoms with E-state index >= 15 is 9.59 Å². The van der Waals surface area contributed by atoms with Gasteiger partial charge in [-0.15, -0.1) is 0 Å². The third kappa shape index (κ3) is 35.5. The van der Waals surface area contributed by atoms with Crippen LogP contribution in [0.3, 0.4) is 0 Å². The van der Waals surface area contributed by atoms with Crippen molar-refractivity contribution >= 4 is 97.2 Å². The number of hydrogen-bond donors (Lipinski definition) is 0. The van der Waals surface area contributed by atoms with E-state index in [0.29, 0.717) is 13.1 Å². The first-order chi connectivity index (χ1) is 61.0. The number of fused-ring (bicyclic) bond motifs is 3. The summed E-state index contributed by atoms with van der Waals surface area (Å²) >= 11 is 6.86. The summed E-state index contributed by atoms with van der Waals surface area (Å²) in [7, 11) is 0. The van der Waals surface area contributed by atoms with Gasteiger partial charge in [0.25, 0.3) is 0 Å². The predicted octanol–water partition coefficient (Wildman–Crippen LogP) is 37.6. The minimum atomic E-state index is -1.04. The summed E-state index contributed by atoms with van der Waals surface area (Å²) in [5.41, 5.74) is 10.5. The summed E-state index contributed by atoms with van der Waals surface area (Å²) in [6.07, 6.45) is 87.5. The molecule has 0 aromatic carbocycles. The molecule has 1 aliphatic rings. The number of rotatable bonds is 75. The molecule has 0 saturated carbocycles. The number of aromatic nitrogens is 2. The van der Waals surface area contributed by atoms with Gasteiger partial charge in [0, 0.05) is 0 Å². The van der Waals surface area contributed by atoms with Gasteiger partial charge in [0.05, 0.1) is 0 Å². The van der Waals surface area contributed by atoms with Gasteiger partial charge < -0.3 is 0 Å². The predicted molar refractivity (Wildman–Crippen MR) is 558 cm³/mol. The molecule has 0 fully saturated rings. The van der Waals surface area contributed by atoms with Crippen LogP contribution in [0.4, 0.5) is 0 Å². The smallest absolute Gasteiger partial charge is 0.0654 e. The molecule has 8 heterocycles. The molecule has 4 nitrogen and oxygen atoms in total. The molecular formula is C114H180N2O2S4Te2. The first-order valence-electron chi connectivity index (χ1n) is 53.4. The number of nitrogens with zero attached hydrogens (tertiary/aromatic N) is 2. The van der Waals surface area contributed by atoms with Crippen LogP contribution in [0.1, 0.15) is 525 Å². The van der Waals surface area contributed by atoms with Crippen LogP contribution in [0.25, 0.3) is 37.8 Å². The van der Waals surface area contributed by atoms with Crippen LogP contribution in [0.2, 0.25) is 0 Å². The molecule has 124 heavy (non-hydrogen) atoms. The SMILES string of the molecule is CCCCCCCCCCCCC(CCCCCCCCCC)CCCCn1c(=O)c(-c2ccc(C)[te]2)cc2c1cc(-c1ccc(-c3cc4c(s3)C(c3cc(CCCCCC)c(CCCCCC)s3)c3cc(C)sc3C4c3cc(CCCCCC)c(CCCCCC)s3)[te]1)c(=O)n2CCCCC(CCCCCCCCCC)CCCCCCCCCCCC. The molecule has 0 amide bonds. The molecule has 0 spiro atoms. The average molecular weight is 1990 g/mol. The summed E-state index contributed by atoms with van der Waals surface area (Å²) < 4.78 is 9.88. The van der Waals surface area contributed by atoms with Crippen molar-refractivity contribution in [2.75, 3.05) is 0 Å². The minimum absolute atomic E-state index is 0.170. The van der Waals surface area contributed by atoms with E-state index in [1.54, 1.807) is 51.5 Å². The van der Waals surface area contributed by atoms with Gasteiger partial charge in [0.2, 0.25) is 0 Å². The zero-order valence-electron chi connectivity index (χ0n) is 81.3. The van der Waals surface area contributed by atoms with Crippen LogP contribution in [-0.2, 0) is 38.8 Å². The van der Waals surface area contributed by atoms with E-state index in [1.165, 1.54) is 422 Å². The van der Waals surface area contributed by atoms with Gasteiger partial charge >= 0.3 is 543 Å². The van der Waals surface area contributed by atoms with Crippen molar-refractivity contribution < 1.29 is 0 Å². The minimum Gasteiger partial charge on any atom is -0.0654 e. The fourth-order valence-corrected chi connectivity index (χ4v) is 31.7. The number of thiophene rings is 4. The van der Waals surface area contributed by atoms with E-state index in [9.17, 15) is 0 Å². The zero-order valence-corrected chi connectivity index (χ0v) is 89.3. The first-order valence-corrected chi connectivity index (χ1v) is 61.3. The maximum absolute atomic E-state index is 16.5. The second-order valence-corrected chi connectivity index (χ2v) is 50.5. The summed E-state index contributed by atoms with van der Waals surface area (Å²) in [6, 6.07) is 24.8. The van der Waals surface area contributed by atoms with Crippen LogP contribution < -0.4 is 11.1 Å². The Morgan fingerprint density at radius 1 is 0.298 bits per heavy atom. The van der Waals surface area contributed by atoms with E-state index in [4.69, 9.17) is 0 Å². The fraction of sp³-hybridized carbons (Fsp3) is 0.719. The molecule has 8 aromatic heterocycles. The van der Waals surface area contributed by atoms with Gasteiger partial charge in [-0.25, -0.2) is 0 Å². The molecule has 0 saturated heterocycles. The quantitative estimate of drug-likeness (QED) is 0.0282. The second-order valence-electron chi connectivity index (χ2n) is 39.0. The number of hydrogen-bond acceptors (Lipinski definition) is 6. The van der Waals surface area contributed by atoms with E-state index in [1.807, 2.05) is 0 Å². The Kier molecular flexibility index (Phi) is 53.3. The van der Waals surface area contributed by atoms with Gasteiger partial charge in [-0.05, 0) is 0 Å². The van der Waals surface area contributed by atoms with E-state index in [0.717, 1.165) is 59.7 Å². The molecule has 1 aliphatic carbocycles. The maximum atomic E-state index is 16.5. The molecule has 0 aliphatic heterocycles. The third-order valence-corrected chi connectivity index (χ3v) is 39.8. The van der Waals surface area contributed by atoms with Crippen LogP contribution >= 0.6 is 45.3 Å². The molecule has 0 N–H and O–H groups in total. The Hall–Kier alpha value is -2.50. The van der Waals surface area contributed by atoms with Gasteiger partial charge in [0.15, 0.2) is 0 Å².